The molecule has 2 aromatic heterocycles. The molecule has 2 aliphatic rings. The molecule has 0 spiro atoms. The number of carbonyl (C=O) groups is 4. The Labute approximate surface area is 433 Å². The van der Waals surface area contributed by atoms with Gasteiger partial charge < -0.3 is 49.9 Å². The van der Waals surface area contributed by atoms with Crippen molar-refractivity contribution in [1.29, 1.82) is 0 Å². The normalized spacial score (nSPS) is 18.6. The number of alkyl halides is 1. The second-order valence-electron chi connectivity index (χ2n) is 20.6. The van der Waals surface area contributed by atoms with E-state index in [9.17, 15) is 24.3 Å². The van der Waals surface area contributed by atoms with Gasteiger partial charge in [-0.05, 0) is 74.4 Å². The van der Waals surface area contributed by atoms with Crippen molar-refractivity contribution >= 4 is 51.6 Å². The summed E-state index contributed by atoms with van der Waals surface area (Å²) in [6.45, 7) is 12.3. The van der Waals surface area contributed by atoms with Crippen molar-refractivity contribution < 1.29 is 56.4 Å². The SMILES string of the molecule is Cc1ncsc1-c1ccc(CNC(=O)[C@@H]2C[C@@H](O)CN2C(=O)C(NC(=O)COCCOCCOCCOCC(=O)Nc2cc(F)c([C@@H]3c4[nH]c5ccccc5c4C[C@@H](C)N3CC(C)(C)F)c(F)c2)C(C)(C)C)cc1. The van der Waals surface area contributed by atoms with Crippen molar-refractivity contribution in [1.82, 2.24) is 30.4 Å². The van der Waals surface area contributed by atoms with Crippen molar-refractivity contribution in [3.05, 3.63) is 106 Å². The van der Waals surface area contributed by atoms with E-state index in [1.807, 2.05) is 62.4 Å². The van der Waals surface area contributed by atoms with Gasteiger partial charge in [0.25, 0.3) is 0 Å². The van der Waals surface area contributed by atoms with E-state index in [1.54, 1.807) is 42.5 Å². The van der Waals surface area contributed by atoms with E-state index in [1.165, 1.54) is 18.7 Å². The molecular formula is C54H68F3N7O9S. The number of para-hydroxylation sites is 1. The number of aromatic nitrogens is 2. The molecule has 1 fully saturated rings. The number of ether oxygens (including phenoxy) is 4. The first-order valence-corrected chi connectivity index (χ1v) is 25.8. The molecule has 74 heavy (non-hydrogen) atoms. The number of amides is 4. The van der Waals surface area contributed by atoms with Crippen LogP contribution in [-0.4, -0.2) is 144 Å². The standard InChI is InChI=1S/C54H68F3N7O9S/c1-32-22-39-38-10-8-9-11-42(38)61-47(39)48(64(32)30-54(6,7)57)46-40(55)23-36(24-41(46)56)60-44(66)28-72-20-18-70-16-17-71-19-21-73-29-45(67)62-50(53(3,4)5)52(69)63-27-37(65)25-43(63)51(68)58-26-34-12-14-35(15-13-34)49-33(2)59-31-74-49/h8-15,23-24,31-32,37,43,48,50,61,65H,16-22,25-30H2,1-7H3,(H,58,68)(H,60,66)(H,62,67)/t32-,37-,43+,48-,50?/m1/s1. The average Bonchev–Trinajstić information content (AvgIpc) is 4.06. The van der Waals surface area contributed by atoms with Crippen LogP contribution in [0.25, 0.3) is 21.3 Å². The predicted octanol–water partition coefficient (Wildman–Crippen LogP) is 6.78. The number of benzene rings is 3. The van der Waals surface area contributed by atoms with Crippen LogP contribution in [0, 0.1) is 24.0 Å². The number of hydrogen-bond acceptors (Lipinski definition) is 12. The van der Waals surface area contributed by atoms with E-state index in [-0.39, 0.29) is 89.6 Å². The highest BCUT2D eigenvalue weighted by molar-refractivity contribution is 7.13. The summed E-state index contributed by atoms with van der Waals surface area (Å²) in [5.41, 5.74) is 4.29. The van der Waals surface area contributed by atoms with Gasteiger partial charge in [-0.15, -0.1) is 11.3 Å². The molecule has 4 amide bonds. The van der Waals surface area contributed by atoms with Crippen LogP contribution in [-0.2, 0) is 51.1 Å². The Morgan fingerprint density at radius 1 is 0.892 bits per heavy atom. The topological polar surface area (TPSA) is 197 Å². The highest BCUT2D eigenvalue weighted by atomic mass is 32.1. The van der Waals surface area contributed by atoms with Crippen LogP contribution >= 0.6 is 11.3 Å². The molecule has 5 N–H and O–H groups in total. The van der Waals surface area contributed by atoms with Gasteiger partial charge in [-0.3, -0.25) is 24.1 Å². The predicted molar refractivity (Wildman–Crippen MR) is 275 cm³/mol. The number of hydrogen-bond donors (Lipinski definition) is 5. The number of anilines is 1. The van der Waals surface area contributed by atoms with Crippen LogP contribution < -0.4 is 16.0 Å². The van der Waals surface area contributed by atoms with Crippen LogP contribution in [0.1, 0.15) is 82.1 Å². The molecule has 5 atom stereocenters. The van der Waals surface area contributed by atoms with Gasteiger partial charge in [0.15, 0.2) is 0 Å². The fraction of sp³-hybridized carbons (Fsp3) is 0.500. The van der Waals surface area contributed by atoms with Gasteiger partial charge in [-0.2, -0.15) is 0 Å². The number of H-pyrrole nitrogens is 1. The average molecular weight is 1050 g/mol. The number of rotatable bonds is 23. The van der Waals surface area contributed by atoms with Crippen LogP contribution in [0.2, 0.25) is 0 Å². The van der Waals surface area contributed by atoms with Crippen molar-refractivity contribution in [3.63, 3.8) is 0 Å². The molecule has 400 valence electrons. The lowest BCUT2D eigenvalue weighted by Gasteiger charge is -2.43. The van der Waals surface area contributed by atoms with Gasteiger partial charge in [-0.25, -0.2) is 18.2 Å². The first-order valence-electron chi connectivity index (χ1n) is 24.9. The van der Waals surface area contributed by atoms with Crippen molar-refractivity contribution in [2.24, 2.45) is 5.41 Å². The Balaban J connectivity index is 0.774. The second-order valence-corrected chi connectivity index (χ2v) is 21.4. The third kappa shape index (κ3) is 14.3. The lowest BCUT2D eigenvalue weighted by atomic mass is 9.85. The fourth-order valence-corrected chi connectivity index (χ4v) is 10.3. The van der Waals surface area contributed by atoms with Crippen molar-refractivity contribution in [2.45, 2.75) is 104 Å². The minimum absolute atomic E-state index is 0.0499. The number of β-amino-alcohol motifs (C(OH)–C–C–N with tert-alkyl or cyclic N) is 1. The summed E-state index contributed by atoms with van der Waals surface area (Å²) in [5.74, 6) is -3.81. The zero-order valence-corrected chi connectivity index (χ0v) is 43.8. The van der Waals surface area contributed by atoms with Gasteiger partial charge in [0.05, 0.1) is 67.9 Å². The molecule has 0 aliphatic carbocycles. The number of aryl methyl sites for hydroxylation is 1. The summed E-state index contributed by atoms with van der Waals surface area (Å²) in [5, 5.41) is 19.6. The molecule has 1 unspecified atom stereocenters. The van der Waals surface area contributed by atoms with Gasteiger partial charge in [-0.1, -0.05) is 63.2 Å². The molecule has 16 nitrogen and oxygen atoms in total. The maximum atomic E-state index is 16.0. The molecule has 0 radical (unpaired) electrons. The summed E-state index contributed by atoms with van der Waals surface area (Å²) in [6.07, 6.45) is -0.266. The van der Waals surface area contributed by atoms with Crippen molar-refractivity contribution in [2.75, 3.05) is 71.3 Å². The van der Waals surface area contributed by atoms with Gasteiger partial charge in [0, 0.05) is 59.9 Å². The van der Waals surface area contributed by atoms with E-state index in [2.05, 4.69) is 25.9 Å². The summed E-state index contributed by atoms with van der Waals surface area (Å²) < 4.78 is 69.1. The number of nitrogens with zero attached hydrogens (tertiary/aromatic N) is 3. The molecule has 1 saturated heterocycles. The summed E-state index contributed by atoms with van der Waals surface area (Å²) >= 11 is 1.56. The molecule has 2 aliphatic heterocycles. The Morgan fingerprint density at radius 2 is 1.51 bits per heavy atom. The molecular weight excluding hydrogens is 980 g/mol. The monoisotopic (exact) mass is 1050 g/mol. The van der Waals surface area contributed by atoms with E-state index in [0.717, 1.165) is 50.3 Å². The van der Waals surface area contributed by atoms with Crippen molar-refractivity contribution in [3.8, 4) is 10.4 Å². The van der Waals surface area contributed by atoms with Gasteiger partial charge in [0.1, 0.15) is 42.6 Å². The largest absolute Gasteiger partial charge is 0.391 e. The number of likely N-dealkylation sites (tertiary alicyclic amines) is 1. The summed E-state index contributed by atoms with van der Waals surface area (Å²) in [6, 6.07) is 14.4. The molecule has 7 rings (SSSR count). The maximum Gasteiger partial charge on any atom is 0.250 e. The zero-order chi connectivity index (χ0) is 53.3. The Hall–Kier alpha value is -5.74. The molecule has 5 aromatic rings. The number of aromatic amines is 1. The first kappa shape index (κ1) is 56.0. The minimum Gasteiger partial charge on any atom is -0.391 e. The van der Waals surface area contributed by atoms with E-state index in [4.69, 9.17) is 18.9 Å². The van der Waals surface area contributed by atoms with Gasteiger partial charge >= 0.3 is 0 Å². The molecule has 0 bridgehead atoms. The smallest absolute Gasteiger partial charge is 0.250 e. The number of fused-ring (bicyclic) bond motifs is 3. The first-order chi connectivity index (χ1) is 35.2. The third-order valence-corrected chi connectivity index (χ3v) is 14.0. The quantitative estimate of drug-likeness (QED) is 0.0433. The molecule has 3 aromatic carbocycles. The number of aliphatic hydroxyl groups is 1. The Morgan fingerprint density at radius 3 is 2.12 bits per heavy atom. The number of carbonyl (C=O) groups excluding carboxylic acids is 4. The van der Waals surface area contributed by atoms with Crippen LogP contribution in [0.3, 0.4) is 0 Å². The van der Waals surface area contributed by atoms with E-state index >= 15 is 13.2 Å². The number of nitrogens with one attached hydrogen (secondary N) is 4. The van der Waals surface area contributed by atoms with Gasteiger partial charge in [0.2, 0.25) is 23.6 Å². The van der Waals surface area contributed by atoms with E-state index in [0.29, 0.717) is 12.1 Å². The molecule has 4 heterocycles. The zero-order valence-electron chi connectivity index (χ0n) is 43.0. The van der Waals surface area contributed by atoms with Crippen LogP contribution in [0.15, 0.2) is 66.2 Å². The van der Waals surface area contributed by atoms with Crippen LogP contribution in [0.5, 0.6) is 0 Å². The third-order valence-electron chi connectivity index (χ3n) is 13.0. The lowest BCUT2D eigenvalue weighted by Crippen LogP contribution is -2.58. The summed E-state index contributed by atoms with van der Waals surface area (Å²) in [4.78, 5) is 64.9. The molecule has 20 heteroatoms. The Bertz CT molecular complexity index is 2720. The summed E-state index contributed by atoms with van der Waals surface area (Å²) in [7, 11) is 0. The Kier molecular flexibility index (Phi) is 18.7. The van der Waals surface area contributed by atoms with E-state index < -0.39 is 77.2 Å². The highest BCUT2D eigenvalue weighted by Gasteiger charge is 2.45. The number of thiazole rings is 1. The minimum atomic E-state index is -1.64. The van der Waals surface area contributed by atoms with Crippen LogP contribution in [0.4, 0.5) is 18.9 Å². The molecule has 0 saturated carbocycles. The highest BCUT2D eigenvalue weighted by Crippen LogP contribution is 2.44. The second kappa shape index (κ2) is 24.7. The number of aliphatic hydroxyl groups excluding tert-OH is 1. The maximum absolute atomic E-state index is 16.0. The number of halogens is 3. The fourth-order valence-electron chi connectivity index (χ4n) is 9.48. The lowest BCUT2D eigenvalue weighted by molar-refractivity contribution is -0.144.